The number of nitrogens with one attached hydrogen (secondary N) is 1. The molecule has 0 unspecified atom stereocenters. The van der Waals surface area contributed by atoms with Gasteiger partial charge in [-0.1, -0.05) is 35.9 Å². The number of halogens is 1. The number of ether oxygens (including phenoxy) is 1. The third-order valence-electron chi connectivity index (χ3n) is 2.95. The van der Waals surface area contributed by atoms with E-state index in [0.29, 0.717) is 18.2 Å². The lowest BCUT2D eigenvalue weighted by atomic mass is 10.2. The second kappa shape index (κ2) is 8.06. The summed E-state index contributed by atoms with van der Waals surface area (Å²) >= 11 is 5.84. The zero-order valence-electron chi connectivity index (χ0n) is 11.9. The first kappa shape index (κ1) is 15.9. The summed E-state index contributed by atoms with van der Waals surface area (Å²) in [6.45, 7) is 0.820. The Hall–Kier alpha value is -2.51. The van der Waals surface area contributed by atoms with Gasteiger partial charge in [-0.15, -0.1) is 0 Å². The third kappa shape index (κ3) is 5.12. The minimum Gasteiger partial charge on any atom is -0.489 e. The molecule has 1 N–H and O–H groups in total. The molecule has 4 nitrogen and oxygen atoms in total. The summed E-state index contributed by atoms with van der Waals surface area (Å²) in [5.74, 6) is 0.442. The van der Waals surface area contributed by atoms with Gasteiger partial charge in [0.15, 0.2) is 0 Å². The van der Waals surface area contributed by atoms with E-state index in [2.05, 4.69) is 5.32 Å². The van der Waals surface area contributed by atoms with Crippen molar-refractivity contribution < 1.29 is 9.53 Å². The Morgan fingerprint density at radius 3 is 2.68 bits per heavy atom. The fourth-order valence-electron chi connectivity index (χ4n) is 1.83. The summed E-state index contributed by atoms with van der Waals surface area (Å²) in [6.07, 6.45) is -0.132. The molecule has 0 aliphatic carbocycles. The quantitative estimate of drug-likeness (QED) is 0.888. The first-order chi connectivity index (χ1) is 10.7. The number of hydrogen-bond donors (Lipinski definition) is 1. The van der Waals surface area contributed by atoms with Gasteiger partial charge in [-0.25, -0.2) is 0 Å². The molecule has 5 heteroatoms. The first-order valence-electron chi connectivity index (χ1n) is 6.77. The maximum atomic E-state index is 11.3. The fourth-order valence-corrected chi connectivity index (χ4v) is 1.95. The molecule has 0 saturated carbocycles. The zero-order valence-corrected chi connectivity index (χ0v) is 12.6. The normalized spacial score (nSPS) is 9.82. The second-order valence-corrected chi connectivity index (χ2v) is 5.11. The van der Waals surface area contributed by atoms with Gasteiger partial charge in [-0.05, 0) is 35.4 Å². The monoisotopic (exact) mass is 314 g/mol. The van der Waals surface area contributed by atoms with E-state index >= 15 is 0 Å². The molecule has 2 aromatic carbocycles. The van der Waals surface area contributed by atoms with Gasteiger partial charge in [-0.3, -0.25) is 4.79 Å². The summed E-state index contributed by atoms with van der Waals surface area (Å²) in [6, 6.07) is 16.8. The van der Waals surface area contributed by atoms with Crippen molar-refractivity contribution in [2.45, 2.75) is 19.6 Å². The lowest BCUT2D eigenvalue weighted by Gasteiger charge is -2.09. The number of carbonyl (C=O) groups is 1. The smallest absolute Gasteiger partial charge is 0.234 e. The minimum atomic E-state index is -0.282. The standard InChI is InChI=1S/C17H15ClN2O2/c18-15-6-4-13(5-7-15)12-22-16-3-1-2-14(10-16)11-20-17(21)8-9-19/h1-7,10H,8,11-12H2,(H,20,21). The van der Waals surface area contributed by atoms with Gasteiger partial charge in [0.25, 0.3) is 0 Å². The topological polar surface area (TPSA) is 62.1 Å². The van der Waals surface area contributed by atoms with Gasteiger partial charge in [0, 0.05) is 11.6 Å². The van der Waals surface area contributed by atoms with E-state index < -0.39 is 0 Å². The predicted molar refractivity (Wildman–Crippen MR) is 84.3 cm³/mol. The molecule has 2 aromatic rings. The Kier molecular flexibility index (Phi) is 5.81. The first-order valence-corrected chi connectivity index (χ1v) is 7.15. The number of carbonyl (C=O) groups excluding carboxylic acids is 1. The second-order valence-electron chi connectivity index (χ2n) is 4.67. The predicted octanol–water partition coefficient (Wildman–Crippen LogP) is 3.45. The van der Waals surface area contributed by atoms with Crippen molar-refractivity contribution in [2.75, 3.05) is 0 Å². The highest BCUT2D eigenvalue weighted by Gasteiger charge is 2.02. The molecule has 112 valence electrons. The molecule has 0 saturated heterocycles. The average Bonchev–Trinajstić information content (AvgIpc) is 2.53. The number of rotatable bonds is 6. The van der Waals surface area contributed by atoms with E-state index in [1.807, 2.05) is 54.6 Å². The Morgan fingerprint density at radius 2 is 1.95 bits per heavy atom. The SMILES string of the molecule is N#CCC(=O)NCc1cccc(OCc2ccc(Cl)cc2)c1. The van der Waals surface area contributed by atoms with Crippen molar-refractivity contribution in [2.24, 2.45) is 0 Å². The molecule has 0 heterocycles. The Bertz CT molecular complexity index is 678. The van der Waals surface area contributed by atoms with Crippen LogP contribution in [0, 0.1) is 11.3 Å². The molecule has 2 rings (SSSR count). The summed E-state index contributed by atoms with van der Waals surface area (Å²) in [4.78, 5) is 11.3. The maximum Gasteiger partial charge on any atom is 0.234 e. The Morgan fingerprint density at radius 1 is 1.18 bits per heavy atom. The minimum absolute atomic E-state index is 0.132. The zero-order chi connectivity index (χ0) is 15.8. The summed E-state index contributed by atoms with van der Waals surface area (Å²) in [5, 5.41) is 11.8. The van der Waals surface area contributed by atoms with Crippen LogP contribution in [0.1, 0.15) is 17.5 Å². The number of nitrogens with zero attached hydrogens (tertiary/aromatic N) is 1. The number of amides is 1. The van der Waals surface area contributed by atoms with Crippen molar-refractivity contribution in [1.82, 2.24) is 5.32 Å². The molecule has 0 radical (unpaired) electrons. The van der Waals surface area contributed by atoms with Crippen LogP contribution in [0.3, 0.4) is 0 Å². The molecule has 0 spiro atoms. The van der Waals surface area contributed by atoms with Crippen LogP contribution < -0.4 is 10.1 Å². The Balaban J connectivity index is 1.89. The van der Waals surface area contributed by atoms with Crippen LogP contribution in [0.5, 0.6) is 5.75 Å². The number of nitriles is 1. The van der Waals surface area contributed by atoms with Gasteiger partial charge >= 0.3 is 0 Å². The molecule has 0 fully saturated rings. The lowest BCUT2D eigenvalue weighted by Crippen LogP contribution is -2.21. The van der Waals surface area contributed by atoms with E-state index in [4.69, 9.17) is 21.6 Å². The van der Waals surface area contributed by atoms with Crippen molar-refractivity contribution in [3.63, 3.8) is 0 Å². The van der Waals surface area contributed by atoms with Gasteiger partial charge in [0.05, 0.1) is 6.07 Å². The molecule has 1 amide bonds. The van der Waals surface area contributed by atoms with Crippen molar-refractivity contribution in [3.8, 4) is 11.8 Å². The van der Waals surface area contributed by atoms with Crippen LogP contribution in [0.4, 0.5) is 0 Å². The van der Waals surface area contributed by atoms with Gasteiger partial charge in [0.2, 0.25) is 5.91 Å². The van der Waals surface area contributed by atoms with E-state index in [0.717, 1.165) is 16.9 Å². The van der Waals surface area contributed by atoms with Gasteiger partial charge < -0.3 is 10.1 Å². The highest BCUT2D eigenvalue weighted by molar-refractivity contribution is 6.30. The van der Waals surface area contributed by atoms with Gasteiger partial charge in [0.1, 0.15) is 18.8 Å². The van der Waals surface area contributed by atoms with Crippen molar-refractivity contribution >= 4 is 17.5 Å². The van der Waals surface area contributed by atoms with Crippen LogP contribution in [0.2, 0.25) is 5.02 Å². The molecule has 0 atom stereocenters. The van der Waals surface area contributed by atoms with Crippen LogP contribution in [0.15, 0.2) is 48.5 Å². The van der Waals surface area contributed by atoms with E-state index in [1.54, 1.807) is 0 Å². The van der Waals surface area contributed by atoms with Crippen molar-refractivity contribution in [3.05, 3.63) is 64.7 Å². The summed E-state index contributed by atoms with van der Waals surface area (Å²) < 4.78 is 5.72. The molecule has 0 aliphatic heterocycles. The van der Waals surface area contributed by atoms with E-state index in [-0.39, 0.29) is 12.3 Å². The highest BCUT2D eigenvalue weighted by atomic mass is 35.5. The van der Waals surface area contributed by atoms with Crippen LogP contribution >= 0.6 is 11.6 Å². The van der Waals surface area contributed by atoms with E-state index in [9.17, 15) is 4.79 Å². The average molecular weight is 315 g/mol. The number of benzene rings is 2. The third-order valence-corrected chi connectivity index (χ3v) is 3.20. The van der Waals surface area contributed by atoms with Crippen LogP contribution in [-0.2, 0) is 17.9 Å². The highest BCUT2D eigenvalue weighted by Crippen LogP contribution is 2.16. The molecular weight excluding hydrogens is 300 g/mol. The van der Waals surface area contributed by atoms with Crippen molar-refractivity contribution in [1.29, 1.82) is 5.26 Å². The molecule has 0 aliphatic rings. The number of hydrogen-bond acceptors (Lipinski definition) is 3. The largest absolute Gasteiger partial charge is 0.489 e. The molecule has 0 bridgehead atoms. The molecule has 0 aromatic heterocycles. The van der Waals surface area contributed by atoms with Gasteiger partial charge in [-0.2, -0.15) is 5.26 Å². The maximum absolute atomic E-state index is 11.3. The summed E-state index contributed by atoms with van der Waals surface area (Å²) in [5.41, 5.74) is 1.94. The Labute approximate surface area is 134 Å². The lowest BCUT2D eigenvalue weighted by molar-refractivity contribution is -0.120. The molecule has 22 heavy (non-hydrogen) atoms. The van der Waals surface area contributed by atoms with Crippen LogP contribution in [0.25, 0.3) is 0 Å². The fraction of sp³-hybridized carbons (Fsp3) is 0.176. The summed E-state index contributed by atoms with van der Waals surface area (Å²) in [7, 11) is 0. The van der Waals surface area contributed by atoms with Crippen LogP contribution in [-0.4, -0.2) is 5.91 Å². The van der Waals surface area contributed by atoms with E-state index in [1.165, 1.54) is 0 Å². The molecular formula is C17H15ClN2O2.